The van der Waals surface area contributed by atoms with E-state index in [1.54, 1.807) is 0 Å². The number of carbonyl (C=O) groups is 1. The number of aliphatic hydroxyl groups is 1. The lowest BCUT2D eigenvalue weighted by Crippen LogP contribution is -2.33. The van der Waals surface area contributed by atoms with Gasteiger partial charge in [0.1, 0.15) is 11.9 Å². The molecule has 2 unspecified atom stereocenters. The van der Waals surface area contributed by atoms with Gasteiger partial charge in [-0.2, -0.15) is 0 Å². The van der Waals surface area contributed by atoms with Crippen LogP contribution in [0.15, 0.2) is 0 Å². The Morgan fingerprint density at radius 3 is 2.38 bits per heavy atom. The zero-order valence-corrected chi connectivity index (χ0v) is 10.5. The topological polar surface area (TPSA) is 37.3 Å². The van der Waals surface area contributed by atoms with Crippen molar-refractivity contribution in [2.45, 2.75) is 64.4 Å². The summed E-state index contributed by atoms with van der Waals surface area (Å²) < 4.78 is 0. The van der Waals surface area contributed by atoms with Crippen LogP contribution in [-0.2, 0) is 4.79 Å². The van der Waals surface area contributed by atoms with Crippen molar-refractivity contribution in [2.24, 2.45) is 5.92 Å². The second kappa shape index (κ2) is 8.35. The highest BCUT2D eigenvalue weighted by molar-refractivity contribution is 5.57. The molecule has 92 valence electrons. The molecule has 0 amide bonds. The van der Waals surface area contributed by atoms with E-state index in [0.29, 0.717) is 6.42 Å². The van der Waals surface area contributed by atoms with E-state index in [0.717, 1.165) is 19.1 Å². The van der Waals surface area contributed by atoms with E-state index >= 15 is 0 Å². The lowest BCUT2D eigenvalue weighted by Gasteiger charge is -2.23. The highest BCUT2D eigenvalue weighted by atomic mass is 16.3. The maximum Gasteiger partial charge on any atom is 0.131 e. The molecule has 2 nitrogen and oxygen atoms in total. The molecule has 16 heavy (non-hydrogen) atoms. The largest absolute Gasteiger partial charge is 0.377 e. The third-order valence-corrected chi connectivity index (χ3v) is 3.05. The Balaban J connectivity index is 3.73. The molecule has 0 aliphatic carbocycles. The van der Waals surface area contributed by atoms with E-state index in [2.05, 4.69) is 12.8 Å². The third-order valence-electron chi connectivity index (χ3n) is 3.05. The van der Waals surface area contributed by atoms with Crippen LogP contribution in [0.1, 0.15) is 58.8 Å². The predicted octanol–water partition coefficient (Wildman–Crippen LogP) is 2.94. The SMILES string of the molecule is C#CC(C)(O)C(C=O)CCCCCCCC. The van der Waals surface area contributed by atoms with Crippen LogP contribution < -0.4 is 0 Å². The molecule has 0 rings (SSSR count). The molecule has 0 fully saturated rings. The summed E-state index contributed by atoms with van der Waals surface area (Å²) in [5, 5.41) is 9.76. The minimum absolute atomic E-state index is 0.427. The molecule has 0 aromatic carbocycles. The highest BCUT2D eigenvalue weighted by Gasteiger charge is 2.28. The highest BCUT2D eigenvalue weighted by Crippen LogP contribution is 2.21. The zero-order chi connectivity index (χ0) is 12.4. The molecule has 0 aromatic rings. The van der Waals surface area contributed by atoms with E-state index in [-0.39, 0.29) is 0 Å². The van der Waals surface area contributed by atoms with E-state index in [1.807, 2.05) is 0 Å². The summed E-state index contributed by atoms with van der Waals surface area (Å²) in [7, 11) is 0. The Hall–Kier alpha value is -0.810. The molecule has 2 heteroatoms. The molecular formula is C14H24O2. The summed E-state index contributed by atoms with van der Waals surface area (Å²) in [6.07, 6.45) is 13.7. The van der Waals surface area contributed by atoms with Crippen LogP contribution in [0.4, 0.5) is 0 Å². The molecule has 0 saturated carbocycles. The number of hydrogen-bond acceptors (Lipinski definition) is 2. The maximum atomic E-state index is 10.8. The molecule has 0 aliphatic heterocycles. The summed E-state index contributed by atoms with van der Waals surface area (Å²) in [5.41, 5.74) is -1.29. The molecule has 0 bridgehead atoms. The van der Waals surface area contributed by atoms with Gasteiger partial charge in [0.25, 0.3) is 0 Å². The average Bonchev–Trinajstić information content (AvgIpc) is 2.28. The number of terminal acetylenes is 1. The number of aldehydes is 1. The van der Waals surface area contributed by atoms with Crippen molar-refractivity contribution < 1.29 is 9.90 Å². The molecular weight excluding hydrogens is 200 g/mol. The van der Waals surface area contributed by atoms with Gasteiger partial charge in [0, 0.05) is 0 Å². The van der Waals surface area contributed by atoms with E-state index in [4.69, 9.17) is 6.42 Å². The first-order valence-electron chi connectivity index (χ1n) is 6.24. The second-order valence-corrected chi connectivity index (χ2v) is 4.59. The minimum atomic E-state index is -1.29. The Morgan fingerprint density at radius 1 is 1.31 bits per heavy atom. The quantitative estimate of drug-likeness (QED) is 0.371. The van der Waals surface area contributed by atoms with Crippen LogP contribution in [0.2, 0.25) is 0 Å². The number of hydrogen-bond donors (Lipinski definition) is 1. The Labute approximate surface area is 99.4 Å². The molecule has 2 atom stereocenters. The van der Waals surface area contributed by atoms with E-state index < -0.39 is 11.5 Å². The summed E-state index contributed by atoms with van der Waals surface area (Å²) in [6.45, 7) is 3.72. The molecule has 0 saturated heterocycles. The molecule has 0 radical (unpaired) electrons. The van der Waals surface area contributed by atoms with Gasteiger partial charge < -0.3 is 9.90 Å². The Kier molecular flexibility index (Phi) is 7.93. The van der Waals surface area contributed by atoms with Crippen LogP contribution in [0.5, 0.6) is 0 Å². The van der Waals surface area contributed by atoms with Crippen molar-refractivity contribution in [3.8, 4) is 12.3 Å². The van der Waals surface area contributed by atoms with Crippen molar-refractivity contribution in [3.63, 3.8) is 0 Å². The van der Waals surface area contributed by atoms with E-state index in [9.17, 15) is 9.90 Å². The van der Waals surface area contributed by atoms with Crippen molar-refractivity contribution in [2.75, 3.05) is 0 Å². The predicted molar refractivity (Wildman–Crippen MR) is 67.0 cm³/mol. The summed E-state index contributed by atoms with van der Waals surface area (Å²) in [4.78, 5) is 10.8. The second-order valence-electron chi connectivity index (χ2n) is 4.59. The fourth-order valence-corrected chi connectivity index (χ4v) is 1.73. The molecule has 0 aromatic heterocycles. The smallest absolute Gasteiger partial charge is 0.131 e. The van der Waals surface area contributed by atoms with E-state index in [1.165, 1.54) is 32.6 Å². The van der Waals surface area contributed by atoms with Gasteiger partial charge in [-0.3, -0.25) is 0 Å². The van der Waals surface area contributed by atoms with Gasteiger partial charge in [0.05, 0.1) is 5.92 Å². The first-order chi connectivity index (χ1) is 7.58. The van der Waals surface area contributed by atoms with Gasteiger partial charge in [-0.1, -0.05) is 51.4 Å². The van der Waals surface area contributed by atoms with Crippen LogP contribution in [0.3, 0.4) is 0 Å². The van der Waals surface area contributed by atoms with Gasteiger partial charge >= 0.3 is 0 Å². The van der Waals surface area contributed by atoms with Crippen molar-refractivity contribution >= 4 is 6.29 Å². The fraction of sp³-hybridized carbons (Fsp3) is 0.786. The zero-order valence-electron chi connectivity index (χ0n) is 10.5. The standard InChI is InChI=1S/C14H24O2/c1-4-6-7-8-9-10-11-13(12-15)14(3,16)5-2/h2,12-13,16H,4,6-11H2,1,3H3. The van der Waals surface area contributed by atoms with Crippen molar-refractivity contribution in [3.05, 3.63) is 0 Å². The first-order valence-corrected chi connectivity index (χ1v) is 6.24. The van der Waals surface area contributed by atoms with Crippen molar-refractivity contribution in [1.29, 1.82) is 0 Å². The monoisotopic (exact) mass is 224 g/mol. The number of rotatable bonds is 9. The summed E-state index contributed by atoms with van der Waals surface area (Å²) in [5.74, 6) is 1.85. The van der Waals surface area contributed by atoms with Crippen LogP contribution in [0.25, 0.3) is 0 Å². The number of unbranched alkanes of at least 4 members (excludes halogenated alkanes) is 5. The Bertz CT molecular complexity index is 225. The molecule has 0 spiro atoms. The van der Waals surface area contributed by atoms with Gasteiger partial charge in [-0.05, 0) is 13.3 Å². The van der Waals surface area contributed by atoms with Crippen LogP contribution in [-0.4, -0.2) is 17.0 Å². The van der Waals surface area contributed by atoms with Crippen LogP contribution >= 0.6 is 0 Å². The number of carbonyl (C=O) groups excluding carboxylic acids is 1. The average molecular weight is 224 g/mol. The van der Waals surface area contributed by atoms with Gasteiger partial charge in [-0.15, -0.1) is 6.42 Å². The lowest BCUT2D eigenvalue weighted by atomic mass is 9.86. The normalized spacial score (nSPS) is 16.1. The maximum absolute atomic E-state index is 10.8. The molecule has 0 aliphatic rings. The molecule has 1 N–H and O–H groups in total. The van der Waals surface area contributed by atoms with Crippen molar-refractivity contribution in [1.82, 2.24) is 0 Å². The summed E-state index contributed by atoms with van der Waals surface area (Å²) >= 11 is 0. The minimum Gasteiger partial charge on any atom is -0.377 e. The van der Waals surface area contributed by atoms with Crippen LogP contribution in [0, 0.1) is 18.3 Å². The first kappa shape index (κ1) is 15.2. The fourth-order valence-electron chi connectivity index (χ4n) is 1.73. The van der Waals surface area contributed by atoms with Gasteiger partial charge in [0.2, 0.25) is 0 Å². The Morgan fingerprint density at radius 2 is 1.88 bits per heavy atom. The summed E-state index contributed by atoms with van der Waals surface area (Å²) in [6, 6.07) is 0. The third kappa shape index (κ3) is 5.92. The lowest BCUT2D eigenvalue weighted by molar-refractivity contribution is -0.116. The molecule has 0 heterocycles. The van der Waals surface area contributed by atoms with Gasteiger partial charge in [0.15, 0.2) is 0 Å². The van der Waals surface area contributed by atoms with Gasteiger partial charge in [-0.25, -0.2) is 0 Å².